The Morgan fingerprint density at radius 2 is 1.69 bits per heavy atom. The lowest BCUT2D eigenvalue weighted by Gasteiger charge is -2.35. The molecule has 1 saturated heterocycles. The molecule has 0 spiro atoms. The number of fused-ring (bicyclic) bond motifs is 1. The van der Waals surface area contributed by atoms with E-state index < -0.39 is 10.0 Å². The van der Waals surface area contributed by atoms with Crippen LogP contribution in [-0.2, 0) is 21.2 Å². The Morgan fingerprint density at radius 3 is 2.31 bits per heavy atom. The average molecular weight is 456 g/mol. The van der Waals surface area contributed by atoms with Gasteiger partial charge in [-0.2, -0.15) is 4.31 Å². The van der Waals surface area contributed by atoms with Crippen LogP contribution >= 0.6 is 0 Å². The monoisotopic (exact) mass is 455 g/mol. The van der Waals surface area contributed by atoms with Gasteiger partial charge in [-0.25, -0.2) is 8.42 Å². The van der Waals surface area contributed by atoms with Gasteiger partial charge < -0.3 is 14.5 Å². The second-order valence-corrected chi connectivity index (χ2v) is 10.9. The van der Waals surface area contributed by atoms with Crippen molar-refractivity contribution in [3.8, 4) is 5.75 Å². The summed E-state index contributed by atoms with van der Waals surface area (Å²) in [6.45, 7) is 4.18. The van der Waals surface area contributed by atoms with Gasteiger partial charge in [0.25, 0.3) is 0 Å². The second kappa shape index (κ2) is 8.08. The molecule has 2 heterocycles. The summed E-state index contributed by atoms with van der Waals surface area (Å²) in [5.74, 6) is 1.13. The highest BCUT2D eigenvalue weighted by Gasteiger charge is 2.40. The van der Waals surface area contributed by atoms with Crippen LogP contribution in [0.1, 0.15) is 25.3 Å². The molecule has 170 valence electrons. The number of anilines is 2. The van der Waals surface area contributed by atoms with E-state index in [0.717, 1.165) is 35.5 Å². The van der Waals surface area contributed by atoms with Crippen LogP contribution < -0.4 is 14.5 Å². The number of carbonyl (C=O) groups excluding carboxylic acids is 1. The van der Waals surface area contributed by atoms with E-state index >= 15 is 0 Å². The zero-order valence-corrected chi connectivity index (χ0v) is 19.3. The standard InChI is InChI=1S/C24H29N3O4S/c1-17-15-19-16-22(9-10-23(19)27(17)24(28)18-3-4-18)32(29,30)26-13-11-25(12-14-26)20-5-7-21(31-2)8-6-20/h5-10,16-18H,3-4,11-15H2,1-2H3/t17-/m1/s1. The van der Waals surface area contributed by atoms with E-state index in [4.69, 9.17) is 4.74 Å². The predicted molar refractivity (Wildman–Crippen MR) is 124 cm³/mol. The van der Waals surface area contributed by atoms with E-state index in [1.54, 1.807) is 23.5 Å². The summed E-state index contributed by atoms with van der Waals surface area (Å²) in [6.07, 6.45) is 2.63. The van der Waals surface area contributed by atoms with Crippen molar-refractivity contribution in [2.75, 3.05) is 43.1 Å². The van der Waals surface area contributed by atoms with E-state index in [9.17, 15) is 13.2 Å². The molecule has 5 rings (SSSR count). The number of benzene rings is 2. The number of methoxy groups -OCH3 is 1. The Hall–Kier alpha value is -2.58. The average Bonchev–Trinajstić information content (AvgIpc) is 3.61. The Balaban J connectivity index is 1.30. The molecule has 32 heavy (non-hydrogen) atoms. The van der Waals surface area contributed by atoms with Crippen molar-refractivity contribution in [3.63, 3.8) is 0 Å². The number of amides is 1. The number of hydrogen-bond donors (Lipinski definition) is 0. The molecule has 7 nitrogen and oxygen atoms in total. The SMILES string of the molecule is COc1ccc(N2CCN(S(=O)(=O)c3ccc4c(c3)C[C@@H](C)N4C(=O)C3CC3)CC2)cc1. The molecule has 0 N–H and O–H groups in total. The smallest absolute Gasteiger partial charge is 0.243 e. The maximum Gasteiger partial charge on any atom is 0.243 e. The molecule has 0 aromatic heterocycles. The van der Waals surface area contributed by atoms with Crippen molar-refractivity contribution in [2.24, 2.45) is 5.92 Å². The van der Waals surface area contributed by atoms with Gasteiger partial charge in [0.2, 0.25) is 15.9 Å². The maximum atomic E-state index is 13.3. The highest BCUT2D eigenvalue weighted by Crippen LogP contribution is 2.40. The predicted octanol–water partition coefficient (Wildman–Crippen LogP) is 2.89. The van der Waals surface area contributed by atoms with Crippen molar-refractivity contribution in [1.82, 2.24) is 4.31 Å². The first-order valence-electron chi connectivity index (χ1n) is 11.2. The van der Waals surface area contributed by atoms with Crippen LogP contribution in [0.3, 0.4) is 0 Å². The summed E-state index contributed by atoms with van der Waals surface area (Å²) in [6, 6.07) is 13.2. The molecular weight excluding hydrogens is 426 g/mol. The number of sulfonamides is 1. The fraction of sp³-hybridized carbons (Fsp3) is 0.458. The Morgan fingerprint density at radius 1 is 1.00 bits per heavy atom. The quantitative estimate of drug-likeness (QED) is 0.693. The molecule has 2 aromatic carbocycles. The van der Waals surface area contributed by atoms with E-state index in [2.05, 4.69) is 4.90 Å². The first-order chi connectivity index (χ1) is 15.4. The van der Waals surface area contributed by atoms with E-state index in [1.807, 2.05) is 42.2 Å². The van der Waals surface area contributed by atoms with Gasteiger partial charge in [-0.05, 0) is 74.2 Å². The molecule has 8 heteroatoms. The minimum atomic E-state index is -3.58. The fourth-order valence-corrected chi connectivity index (χ4v) is 6.23. The number of carbonyl (C=O) groups is 1. The van der Waals surface area contributed by atoms with Crippen molar-refractivity contribution in [2.45, 2.75) is 37.1 Å². The number of nitrogens with zero attached hydrogens (tertiary/aromatic N) is 3. The van der Waals surface area contributed by atoms with E-state index in [0.29, 0.717) is 37.5 Å². The maximum absolute atomic E-state index is 13.3. The van der Waals surface area contributed by atoms with Crippen molar-refractivity contribution in [3.05, 3.63) is 48.0 Å². The van der Waals surface area contributed by atoms with Gasteiger partial charge in [-0.15, -0.1) is 0 Å². The molecule has 1 atom stereocenters. The highest BCUT2D eigenvalue weighted by molar-refractivity contribution is 7.89. The van der Waals surface area contributed by atoms with Crippen LogP contribution in [0.25, 0.3) is 0 Å². The van der Waals surface area contributed by atoms with Crippen molar-refractivity contribution >= 4 is 27.3 Å². The number of hydrogen-bond acceptors (Lipinski definition) is 5. The second-order valence-electron chi connectivity index (χ2n) is 8.92. The third-order valence-corrected chi connectivity index (χ3v) is 8.64. The number of rotatable bonds is 5. The summed E-state index contributed by atoms with van der Waals surface area (Å²) in [4.78, 5) is 17.1. The zero-order valence-electron chi connectivity index (χ0n) is 18.5. The van der Waals surface area contributed by atoms with Crippen LogP contribution in [0, 0.1) is 5.92 Å². The third kappa shape index (κ3) is 3.75. The molecular formula is C24H29N3O4S. The highest BCUT2D eigenvalue weighted by atomic mass is 32.2. The van der Waals surface area contributed by atoms with Gasteiger partial charge in [0.15, 0.2) is 0 Å². The minimum Gasteiger partial charge on any atom is -0.497 e. The molecule has 0 bridgehead atoms. The molecule has 2 fully saturated rings. The molecule has 2 aromatic rings. The van der Waals surface area contributed by atoms with Gasteiger partial charge in [0.1, 0.15) is 5.75 Å². The van der Waals surface area contributed by atoms with Crippen LogP contribution in [0.2, 0.25) is 0 Å². The van der Waals surface area contributed by atoms with Crippen molar-refractivity contribution in [1.29, 1.82) is 0 Å². The minimum absolute atomic E-state index is 0.0732. The van der Waals surface area contributed by atoms with Crippen LogP contribution in [0.4, 0.5) is 11.4 Å². The Kier molecular flexibility index (Phi) is 5.37. The summed E-state index contributed by atoms with van der Waals surface area (Å²) >= 11 is 0. The lowest BCUT2D eigenvalue weighted by atomic mass is 10.1. The van der Waals surface area contributed by atoms with Gasteiger partial charge in [-0.3, -0.25) is 4.79 Å². The number of piperazine rings is 1. The van der Waals surface area contributed by atoms with Crippen molar-refractivity contribution < 1.29 is 17.9 Å². The van der Waals surface area contributed by atoms with Gasteiger partial charge in [-0.1, -0.05) is 0 Å². The molecule has 1 saturated carbocycles. The fourth-order valence-electron chi connectivity index (χ4n) is 4.76. The molecule has 0 unspecified atom stereocenters. The zero-order chi connectivity index (χ0) is 22.5. The molecule has 0 radical (unpaired) electrons. The molecule has 1 aliphatic carbocycles. The van der Waals surface area contributed by atoms with Gasteiger partial charge in [0, 0.05) is 49.5 Å². The van der Waals surface area contributed by atoms with Crippen LogP contribution in [0.15, 0.2) is 47.4 Å². The van der Waals surface area contributed by atoms with E-state index in [-0.39, 0.29) is 17.9 Å². The third-order valence-electron chi connectivity index (χ3n) is 6.74. The molecule has 2 aliphatic heterocycles. The number of ether oxygens (including phenoxy) is 1. The Bertz CT molecular complexity index is 1120. The lowest BCUT2D eigenvalue weighted by Crippen LogP contribution is -2.48. The molecule has 3 aliphatic rings. The molecule has 1 amide bonds. The van der Waals surface area contributed by atoms with Gasteiger partial charge >= 0.3 is 0 Å². The Labute approximate surface area is 189 Å². The summed E-state index contributed by atoms with van der Waals surface area (Å²) < 4.78 is 33.5. The van der Waals surface area contributed by atoms with Crippen LogP contribution in [0.5, 0.6) is 5.75 Å². The van der Waals surface area contributed by atoms with Gasteiger partial charge in [0.05, 0.1) is 12.0 Å². The lowest BCUT2D eigenvalue weighted by molar-refractivity contribution is -0.120. The summed E-state index contributed by atoms with van der Waals surface area (Å²) in [5.41, 5.74) is 2.89. The van der Waals surface area contributed by atoms with Crippen LogP contribution in [-0.4, -0.2) is 58.0 Å². The first kappa shape index (κ1) is 21.3. The first-order valence-corrected chi connectivity index (χ1v) is 12.7. The summed E-state index contributed by atoms with van der Waals surface area (Å²) in [5, 5.41) is 0. The topological polar surface area (TPSA) is 70.2 Å². The normalized spacial score (nSPS) is 21.5. The largest absolute Gasteiger partial charge is 0.497 e. The summed E-state index contributed by atoms with van der Waals surface area (Å²) in [7, 11) is -1.94. The van der Waals surface area contributed by atoms with E-state index in [1.165, 1.54) is 0 Å².